The van der Waals surface area contributed by atoms with Gasteiger partial charge in [0.2, 0.25) is 0 Å². The lowest BCUT2D eigenvalue weighted by atomic mass is 9.61. The summed E-state index contributed by atoms with van der Waals surface area (Å²) < 4.78 is 22.7. The van der Waals surface area contributed by atoms with Crippen molar-refractivity contribution in [2.45, 2.75) is 24.0 Å². The Morgan fingerprint density at radius 1 is 0.522 bits per heavy atom. The lowest BCUT2D eigenvalue weighted by Crippen LogP contribution is -2.34. The molecule has 0 saturated carbocycles. The minimum atomic E-state index is -0.387. The van der Waals surface area contributed by atoms with E-state index in [2.05, 4.69) is 121 Å². The van der Waals surface area contributed by atoms with Gasteiger partial charge in [0, 0.05) is 5.41 Å². The number of ether oxygens (including phenoxy) is 4. The number of hydrogen-bond donors (Lipinski definition) is 0. The van der Waals surface area contributed by atoms with Gasteiger partial charge in [-0.15, -0.1) is 0 Å². The van der Waals surface area contributed by atoms with Gasteiger partial charge in [0.05, 0.1) is 13.2 Å². The van der Waals surface area contributed by atoms with E-state index in [1.165, 1.54) is 65.3 Å². The second kappa shape index (κ2) is 10.1. The molecule has 4 nitrogen and oxygen atoms in total. The first kappa shape index (κ1) is 26.3. The first-order valence-corrected chi connectivity index (χ1v) is 16.2. The summed E-state index contributed by atoms with van der Waals surface area (Å²) in [7, 11) is 0. The third-order valence-corrected chi connectivity index (χ3v) is 10.2. The molecule has 224 valence electrons. The summed E-state index contributed by atoms with van der Waals surface area (Å²) in [6.45, 7) is 2.79. The van der Waals surface area contributed by atoms with Crippen molar-refractivity contribution in [2.75, 3.05) is 26.4 Å². The van der Waals surface area contributed by atoms with Crippen LogP contribution in [0.2, 0.25) is 0 Å². The Morgan fingerprint density at radius 2 is 1.02 bits per heavy atom. The maximum Gasteiger partial charge on any atom is 0.120 e. The molecule has 0 radical (unpaired) electrons. The average Bonchev–Trinajstić information content (AvgIpc) is 4.04. The van der Waals surface area contributed by atoms with Gasteiger partial charge < -0.3 is 18.9 Å². The fraction of sp³-hybridized carbons (Fsp3) is 0.190. The first-order chi connectivity index (χ1) is 22.7. The monoisotopic (exact) mass is 600 g/mol. The minimum absolute atomic E-state index is 0.234. The summed E-state index contributed by atoms with van der Waals surface area (Å²) in [6.07, 6.45) is 1.35. The van der Waals surface area contributed by atoms with Gasteiger partial charge in [0.15, 0.2) is 0 Å². The molecule has 2 atom stereocenters. The second-order valence-electron chi connectivity index (χ2n) is 13.0. The van der Waals surface area contributed by atoms with Gasteiger partial charge in [-0.25, -0.2) is 0 Å². The molecule has 7 aromatic carbocycles. The zero-order chi connectivity index (χ0) is 30.2. The van der Waals surface area contributed by atoms with Crippen LogP contribution in [0.3, 0.4) is 0 Å². The van der Waals surface area contributed by atoms with Gasteiger partial charge in [-0.05, 0) is 108 Å². The smallest absolute Gasteiger partial charge is 0.120 e. The Labute approximate surface area is 267 Å². The Bertz CT molecular complexity index is 2230. The van der Waals surface area contributed by atoms with E-state index in [0.717, 1.165) is 31.1 Å². The molecule has 2 unspecified atom stereocenters. The summed E-state index contributed by atoms with van der Waals surface area (Å²) in [5.41, 5.74) is 4.95. The largest absolute Gasteiger partial charge is 0.491 e. The number of hydrogen-bond acceptors (Lipinski definition) is 4. The SMILES string of the molecule is c1cc2c3c(c1)ccc1cccc(c13)C(c1ccc3cc(OCC4CO4)ccc3c1)(c1ccc3cc(OCC4CO4)ccc3c1)C2. The predicted octanol–water partition coefficient (Wildman–Crippen LogP) is 8.75. The van der Waals surface area contributed by atoms with E-state index < -0.39 is 0 Å². The highest BCUT2D eigenvalue weighted by molar-refractivity contribution is 6.13. The van der Waals surface area contributed by atoms with Crippen molar-refractivity contribution < 1.29 is 18.9 Å². The summed E-state index contributed by atoms with van der Waals surface area (Å²) in [4.78, 5) is 0. The number of benzene rings is 7. The number of rotatable bonds is 8. The molecule has 1 aliphatic carbocycles. The highest BCUT2D eigenvalue weighted by Gasteiger charge is 2.41. The van der Waals surface area contributed by atoms with Gasteiger partial charge >= 0.3 is 0 Å². The van der Waals surface area contributed by atoms with Gasteiger partial charge in [-0.2, -0.15) is 0 Å². The van der Waals surface area contributed by atoms with Crippen LogP contribution in [-0.2, 0) is 21.3 Å². The van der Waals surface area contributed by atoms with E-state index in [4.69, 9.17) is 18.9 Å². The lowest BCUT2D eigenvalue weighted by molar-refractivity contribution is 0.263. The standard InChI is InChI=1S/C42H32O4/c1-3-26-7-8-27-4-2-6-39-41(27)40(26)32(5-1)21-42(39,33-13-9-30-19-35(15-11-28(30)17-33)43-22-37-24-45-37)34-14-10-31-20-36(16-12-29(31)18-34)44-23-38-25-46-38/h1-20,37-38H,21-25H2. The van der Waals surface area contributed by atoms with Crippen molar-refractivity contribution >= 4 is 43.1 Å². The fourth-order valence-corrected chi connectivity index (χ4v) is 7.66. The topological polar surface area (TPSA) is 43.5 Å². The zero-order valence-corrected chi connectivity index (χ0v) is 25.4. The van der Waals surface area contributed by atoms with Gasteiger partial charge in [-0.1, -0.05) is 84.9 Å². The molecule has 2 heterocycles. The normalized spacial score (nSPS) is 21.3. The molecule has 10 rings (SSSR count). The molecule has 0 N–H and O–H groups in total. The number of epoxide rings is 2. The molecule has 0 bridgehead atoms. The third-order valence-electron chi connectivity index (χ3n) is 10.2. The van der Waals surface area contributed by atoms with Crippen LogP contribution >= 0.6 is 0 Å². The maximum absolute atomic E-state index is 6.02. The van der Waals surface area contributed by atoms with E-state index in [9.17, 15) is 0 Å². The van der Waals surface area contributed by atoms with Gasteiger partial charge in [0.25, 0.3) is 0 Å². The van der Waals surface area contributed by atoms with Crippen molar-refractivity contribution in [2.24, 2.45) is 0 Å². The second-order valence-corrected chi connectivity index (χ2v) is 13.0. The van der Waals surface area contributed by atoms with Crippen LogP contribution in [0.5, 0.6) is 11.5 Å². The van der Waals surface area contributed by atoms with Crippen LogP contribution in [0.25, 0.3) is 43.1 Å². The van der Waals surface area contributed by atoms with Crippen LogP contribution in [0.4, 0.5) is 0 Å². The highest BCUT2D eigenvalue weighted by atomic mass is 16.6. The van der Waals surface area contributed by atoms with Crippen LogP contribution in [0, 0.1) is 0 Å². The van der Waals surface area contributed by atoms with Crippen molar-refractivity contribution in [3.05, 3.63) is 144 Å². The summed E-state index contributed by atoms with van der Waals surface area (Å²) in [5.74, 6) is 1.77. The molecule has 2 fully saturated rings. The van der Waals surface area contributed by atoms with Crippen molar-refractivity contribution in [3.8, 4) is 11.5 Å². The van der Waals surface area contributed by atoms with E-state index in [-0.39, 0.29) is 17.6 Å². The van der Waals surface area contributed by atoms with Crippen molar-refractivity contribution in [3.63, 3.8) is 0 Å². The molecule has 4 heteroatoms. The molecule has 0 spiro atoms. The number of fused-ring (bicyclic) bond motifs is 2. The average molecular weight is 601 g/mol. The lowest BCUT2D eigenvalue weighted by Gasteiger charge is -2.41. The molecule has 0 aromatic heterocycles. The maximum atomic E-state index is 6.02. The van der Waals surface area contributed by atoms with E-state index in [1.54, 1.807) is 0 Å². The molecule has 0 amide bonds. The molecule has 46 heavy (non-hydrogen) atoms. The Hall–Kier alpha value is -4.90. The van der Waals surface area contributed by atoms with Gasteiger partial charge in [-0.3, -0.25) is 0 Å². The minimum Gasteiger partial charge on any atom is -0.491 e. The van der Waals surface area contributed by atoms with Crippen molar-refractivity contribution in [1.82, 2.24) is 0 Å². The molecular formula is C42H32O4. The van der Waals surface area contributed by atoms with Crippen LogP contribution in [0.1, 0.15) is 22.3 Å². The quantitative estimate of drug-likeness (QED) is 0.129. The van der Waals surface area contributed by atoms with E-state index in [0.29, 0.717) is 13.2 Å². The van der Waals surface area contributed by atoms with Gasteiger partial charge in [0.1, 0.15) is 36.9 Å². The van der Waals surface area contributed by atoms with E-state index >= 15 is 0 Å². The van der Waals surface area contributed by atoms with Crippen LogP contribution in [0.15, 0.2) is 121 Å². The van der Waals surface area contributed by atoms with E-state index in [1.807, 2.05) is 0 Å². The zero-order valence-electron chi connectivity index (χ0n) is 25.4. The summed E-state index contributed by atoms with van der Waals surface area (Å²) in [5, 5.41) is 10.1. The van der Waals surface area contributed by atoms with Crippen LogP contribution in [-0.4, -0.2) is 38.6 Å². The molecule has 7 aromatic rings. The predicted molar refractivity (Wildman–Crippen MR) is 183 cm³/mol. The Balaban J connectivity index is 1.17. The fourth-order valence-electron chi connectivity index (χ4n) is 7.66. The molecule has 2 aliphatic heterocycles. The Morgan fingerprint density at radius 3 is 1.61 bits per heavy atom. The summed E-state index contributed by atoms with van der Waals surface area (Å²) >= 11 is 0. The van der Waals surface area contributed by atoms with Crippen molar-refractivity contribution in [1.29, 1.82) is 0 Å². The Kier molecular flexibility index (Phi) is 5.75. The molecule has 3 aliphatic rings. The summed E-state index contributed by atoms with van der Waals surface area (Å²) in [6, 6.07) is 45.1. The molecular weight excluding hydrogens is 568 g/mol. The molecule has 2 saturated heterocycles. The first-order valence-electron chi connectivity index (χ1n) is 16.2. The highest BCUT2D eigenvalue weighted by Crippen LogP contribution is 2.51. The third kappa shape index (κ3) is 4.28. The van der Waals surface area contributed by atoms with Crippen LogP contribution < -0.4 is 9.47 Å².